The molecule has 1 rings (SSSR count). The van der Waals surface area contributed by atoms with Crippen LogP contribution in [0.2, 0.25) is 0 Å². The second-order valence-electron chi connectivity index (χ2n) is 5.11. The monoisotopic (exact) mass is 319 g/mol. The van der Waals surface area contributed by atoms with Gasteiger partial charge >= 0.3 is 5.69 Å². The molecule has 1 atom stereocenters. The Kier molecular flexibility index (Phi) is 5.37. The summed E-state index contributed by atoms with van der Waals surface area (Å²) < 4.78 is 40.4. The van der Waals surface area contributed by atoms with E-state index in [1.165, 1.54) is 6.92 Å². The Morgan fingerprint density at radius 3 is 2.48 bits per heavy atom. The van der Waals surface area contributed by atoms with Crippen molar-refractivity contribution >= 4 is 15.7 Å². The molecule has 0 aliphatic heterocycles. The Balaban J connectivity index is 3.17. The lowest BCUT2D eigenvalue weighted by molar-refractivity contribution is -0.387. The predicted molar refractivity (Wildman–Crippen MR) is 76.1 cm³/mol. The fourth-order valence-electron chi connectivity index (χ4n) is 1.92. The number of nitro groups is 1. The number of aryl methyl sites for hydroxylation is 1. The Morgan fingerprint density at radius 1 is 1.43 bits per heavy atom. The average molecular weight is 319 g/mol. The highest BCUT2D eigenvalue weighted by atomic mass is 32.2. The molecule has 1 aromatic rings. The molecule has 0 radical (unpaired) electrons. The molecular formula is C12H18FN3O4S. The van der Waals surface area contributed by atoms with Crippen LogP contribution in [0.3, 0.4) is 0 Å². The van der Waals surface area contributed by atoms with Gasteiger partial charge < -0.3 is 4.90 Å². The number of hydrogen-bond acceptors (Lipinski definition) is 5. The zero-order chi connectivity index (χ0) is 16.4. The van der Waals surface area contributed by atoms with Crippen molar-refractivity contribution in [1.82, 2.24) is 9.62 Å². The van der Waals surface area contributed by atoms with Crippen molar-refractivity contribution in [1.29, 1.82) is 0 Å². The smallest absolute Gasteiger partial charge is 0.306 e. The van der Waals surface area contributed by atoms with Crippen molar-refractivity contribution in [2.75, 3.05) is 20.6 Å². The molecule has 118 valence electrons. The maximum atomic E-state index is 13.6. The lowest BCUT2D eigenvalue weighted by atomic mass is 10.2. The van der Waals surface area contributed by atoms with Gasteiger partial charge in [-0.1, -0.05) is 0 Å². The number of sulfonamides is 1. The van der Waals surface area contributed by atoms with Gasteiger partial charge in [0.05, 0.1) is 9.82 Å². The normalized spacial score (nSPS) is 13.4. The summed E-state index contributed by atoms with van der Waals surface area (Å²) in [5.41, 5.74) is -0.944. The Labute approximate surface area is 123 Å². The van der Waals surface area contributed by atoms with E-state index in [0.717, 1.165) is 12.1 Å². The van der Waals surface area contributed by atoms with Crippen LogP contribution in [0.4, 0.5) is 10.1 Å². The van der Waals surface area contributed by atoms with E-state index in [9.17, 15) is 22.9 Å². The summed E-state index contributed by atoms with van der Waals surface area (Å²) in [5, 5.41) is 10.8. The fraction of sp³-hybridized carbons (Fsp3) is 0.500. The first kappa shape index (κ1) is 17.5. The van der Waals surface area contributed by atoms with Crippen LogP contribution in [-0.4, -0.2) is 44.9 Å². The zero-order valence-corrected chi connectivity index (χ0v) is 13.1. The number of hydrogen-bond donors (Lipinski definition) is 1. The van der Waals surface area contributed by atoms with E-state index < -0.39 is 32.5 Å². The van der Waals surface area contributed by atoms with Gasteiger partial charge in [0.25, 0.3) is 0 Å². The zero-order valence-electron chi connectivity index (χ0n) is 12.3. The van der Waals surface area contributed by atoms with Crippen LogP contribution < -0.4 is 4.72 Å². The van der Waals surface area contributed by atoms with Gasteiger partial charge in [0.2, 0.25) is 15.8 Å². The molecule has 0 fully saturated rings. The van der Waals surface area contributed by atoms with Crippen LogP contribution in [0, 0.1) is 22.9 Å². The van der Waals surface area contributed by atoms with Crippen LogP contribution in [0.5, 0.6) is 0 Å². The molecule has 0 aliphatic rings. The molecule has 0 heterocycles. The molecule has 0 amide bonds. The SMILES string of the molecule is Cc1cc(S(=O)(=O)NC(C)CN(C)C)cc([N+](=O)[O-])c1F. The van der Waals surface area contributed by atoms with E-state index in [1.807, 2.05) is 0 Å². The lowest BCUT2D eigenvalue weighted by Gasteiger charge is -2.18. The number of halogens is 1. The molecular weight excluding hydrogens is 301 g/mol. The standard InChI is InChI=1S/C12H18FN3O4S/c1-8-5-10(6-11(12(8)13)16(17)18)21(19,20)14-9(2)7-15(3)4/h5-6,9,14H,7H2,1-4H3. The Bertz CT molecular complexity index is 646. The predicted octanol–water partition coefficient (Wildman–Crippen LogP) is 1.27. The molecule has 0 spiro atoms. The topological polar surface area (TPSA) is 92.6 Å². The Morgan fingerprint density at radius 2 is 2.00 bits per heavy atom. The van der Waals surface area contributed by atoms with Crippen molar-refractivity contribution in [2.45, 2.75) is 24.8 Å². The van der Waals surface area contributed by atoms with Crippen LogP contribution in [0.15, 0.2) is 17.0 Å². The van der Waals surface area contributed by atoms with Crippen LogP contribution in [0.1, 0.15) is 12.5 Å². The van der Waals surface area contributed by atoms with Gasteiger partial charge in [0.15, 0.2) is 0 Å². The number of likely N-dealkylation sites (N-methyl/N-ethyl adjacent to an activating group) is 1. The van der Waals surface area contributed by atoms with Gasteiger partial charge in [-0.05, 0) is 39.6 Å². The summed E-state index contributed by atoms with van der Waals surface area (Å²) in [6.07, 6.45) is 0. The maximum absolute atomic E-state index is 13.6. The van der Waals surface area contributed by atoms with E-state index >= 15 is 0 Å². The first-order chi connectivity index (χ1) is 9.54. The van der Waals surface area contributed by atoms with Crippen molar-refractivity contribution in [3.63, 3.8) is 0 Å². The van der Waals surface area contributed by atoms with E-state index in [4.69, 9.17) is 0 Å². The van der Waals surface area contributed by atoms with Crippen LogP contribution >= 0.6 is 0 Å². The van der Waals surface area contributed by atoms with E-state index in [2.05, 4.69) is 4.72 Å². The van der Waals surface area contributed by atoms with Gasteiger partial charge in [0.1, 0.15) is 0 Å². The number of nitro benzene ring substituents is 1. The summed E-state index contributed by atoms with van der Waals surface area (Å²) in [6.45, 7) is 3.41. The molecule has 1 unspecified atom stereocenters. The summed E-state index contributed by atoms with van der Waals surface area (Å²) in [6, 6.07) is 1.41. The molecule has 0 aromatic heterocycles. The summed E-state index contributed by atoms with van der Waals surface area (Å²) >= 11 is 0. The van der Waals surface area contributed by atoms with Crippen molar-refractivity contribution in [3.05, 3.63) is 33.6 Å². The van der Waals surface area contributed by atoms with Crippen molar-refractivity contribution < 1.29 is 17.7 Å². The molecule has 0 aliphatic carbocycles. The minimum absolute atomic E-state index is 0.0927. The van der Waals surface area contributed by atoms with Gasteiger partial charge in [-0.2, -0.15) is 4.39 Å². The first-order valence-electron chi connectivity index (χ1n) is 6.16. The van der Waals surface area contributed by atoms with Crippen molar-refractivity contribution in [2.24, 2.45) is 0 Å². The second kappa shape index (κ2) is 6.46. The van der Waals surface area contributed by atoms with Gasteiger partial charge in [-0.25, -0.2) is 13.1 Å². The minimum Gasteiger partial charge on any atom is -0.308 e. The molecule has 21 heavy (non-hydrogen) atoms. The van der Waals surface area contributed by atoms with Crippen LogP contribution in [0.25, 0.3) is 0 Å². The van der Waals surface area contributed by atoms with E-state index in [1.54, 1.807) is 25.9 Å². The second-order valence-corrected chi connectivity index (χ2v) is 6.83. The summed E-state index contributed by atoms with van der Waals surface area (Å²) in [5.74, 6) is -1.03. The van der Waals surface area contributed by atoms with Crippen molar-refractivity contribution in [3.8, 4) is 0 Å². The number of nitrogens with one attached hydrogen (secondary N) is 1. The van der Waals surface area contributed by atoms with Crippen LogP contribution in [-0.2, 0) is 10.0 Å². The highest BCUT2D eigenvalue weighted by Gasteiger charge is 2.25. The number of rotatable bonds is 6. The first-order valence-corrected chi connectivity index (χ1v) is 7.64. The molecule has 9 heteroatoms. The highest BCUT2D eigenvalue weighted by Crippen LogP contribution is 2.25. The van der Waals surface area contributed by atoms with E-state index in [-0.39, 0.29) is 10.5 Å². The lowest BCUT2D eigenvalue weighted by Crippen LogP contribution is -2.39. The molecule has 0 bridgehead atoms. The third-order valence-electron chi connectivity index (χ3n) is 2.71. The Hall–Kier alpha value is -1.58. The minimum atomic E-state index is -3.95. The maximum Gasteiger partial charge on any atom is 0.306 e. The quantitative estimate of drug-likeness (QED) is 0.629. The third kappa shape index (κ3) is 4.45. The van der Waals surface area contributed by atoms with E-state index in [0.29, 0.717) is 6.54 Å². The number of benzene rings is 1. The molecule has 0 saturated carbocycles. The third-order valence-corrected chi connectivity index (χ3v) is 4.28. The summed E-state index contributed by atoms with van der Waals surface area (Å²) in [7, 11) is -0.369. The largest absolute Gasteiger partial charge is 0.308 e. The van der Waals surface area contributed by atoms with Gasteiger partial charge in [0, 0.05) is 18.7 Å². The average Bonchev–Trinajstić information content (AvgIpc) is 2.29. The molecule has 1 aromatic carbocycles. The molecule has 7 nitrogen and oxygen atoms in total. The highest BCUT2D eigenvalue weighted by molar-refractivity contribution is 7.89. The summed E-state index contributed by atoms with van der Waals surface area (Å²) in [4.78, 5) is 11.3. The molecule has 0 saturated heterocycles. The van der Waals surface area contributed by atoms with Gasteiger partial charge in [-0.3, -0.25) is 10.1 Å². The van der Waals surface area contributed by atoms with Gasteiger partial charge in [-0.15, -0.1) is 0 Å². The molecule has 1 N–H and O–H groups in total. The number of nitrogens with zero attached hydrogens (tertiary/aromatic N) is 2. The fourth-order valence-corrected chi connectivity index (χ4v) is 3.26.